The molecule has 5 nitrogen and oxygen atoms in total. The summed E-state index contributed by atoms with van der Waals surface area (Å²) in [5.74, 6) is 0.268. The molecule has 0 spiro atoms. The molecule has 2 aromatic carbocycles. The van der Waals surface area contributed by atoms with E-state index < -0.39 is 10.3 Å². The van der Waals surface area contributed by atoms with Gasteiger partial charge in [-0.3, -0.25) is 0 Å². The van der Waals surface area contributed by atoms with E-state index in [0.29, 0.717) is 24.2 Å². The molecule has 0 amide bonds. The van der Waals surface area contributed by atoms with E-state index in [1.165, 1.54) is 4.31 Å². The van der Waals surface area contributed by atoms with Crippen LogP contribution in [0.1, 0.15) is 19.4 Å². The predicted molar refractivity (Wildman–Crippen MR) is 89.1 cm³/mol. The first kappa shape index (κ1) is 17.0. The smallest absolute Gasteiger partial charge is 0.370 e. The lowest BCUT2D eigenvalue weighted by Gasteiger charge is -2.19. The summed E-state index contributed by atoms with van der Waals surface area (Å²) in [7, 11) is -3.84. The fraction of sp³-hybridized carbons (Fsp3) is 0.235. The minimum atomic E-state index is -3.84. The molecule has 0 aliphatic carbocycles. The van der Waals surface area contributed by atoms with Crippen molar-refractivity contribution < 1.29 is 12.6 Å². The van der Waals surface area contributed by atoms with Crippen molar-refractivity contribution >= 4 is 10.3 Å². The van der Waals surface area contributed by atoms with Crippen molar-refractivity contribution in [2.24, 2.45) is 0 Å². The van der Waals surface area contributed by atoms with Gasteiger partial charge in [-0.15, -0.1) is 0 Å². The van der Waals surface area contributed by atoms with Crippen LogP contribution in [0.2, 0.25) is 0 Å². The third-order valence-electron chi connectivity index (χ3n) is 3.43. The van der Waals surface area contributed by atoms with Crippen LogP contribution in [0, 0.1) is 11.3 Å². The van der Waals surface area contributed by atoms with Gasteiger partial charge in [-0.2, -0.15) is 18.0 Å². The number of nitriles is 1. The van der Waals surface area contributed by atoms with Crippen LogP contribution in [0.3, 0.4) is 0 Å². The summed E-state index contributed by atoms with van der Waals surface area (Å²) in [6.45, 7) is 4.21. The van der Waals surface area contributed by atoms with Gasteiger partial charge in [-0.1, -0.05) is 44.2 Å². The molecular formula is C17H18N2O3S. The van der Waals surface area contributed by atoms with Crippen LogP contribution in [-0.4, -0.2) is 25.8 Å². The quantitative estimate of drug-likeness (QED) is 0.815. The first-order valence-electron chi connectivity index (χ1n) is 7.31. The Morgan fingerprint density at radius 2 is 1.65 bits per heavy atom. The standard InChI is InChI=1S/C17H18N2O3S/c1-3-19(4-2)23(20,21)22-17-8-6-5-7-16(17)15-11-9-14(13-18)10-12-15/h5-12H,3-4H2,1-2H3. The van der Waals surface area contributed by atoms with Crippen LogP contribution in [0.5, 0.6) is 5.75 Å². The molecule has 120 valence electrons. The van der Waals surface area contributed by atoms with Crippen LogP contribution < -0.4 is 4.18 Å². The Morgan fingerprint density at radius 1 is 1.04 bits per heavy atom. The van der Waals surface area contributed by atoms with Crippen molar-refractivity contribution in [3.63, 3.8) is 0 Å². The largest absolute Gasteiger partial charge is 0.385 e. The van der Waals surface area contributed by atoms with Crippen molar-refractivity contribution in [1.29, 1.82) is 5.26 Å². The van der Waals surface area contributed by atoms with E-state index in [9.17, 15) is 8.42 Å². The van der Waals surface area contributed by atoms with Gasteiger partial charge < -0.3 is 4.18 Å². The molecule has 0 saturated heterocycles. The molecule has 6 heteroatoms. The number of hydrogen-bond donors (Lipinski definition) is 0. The van der Waals surface area contributed by atoms with Crippen LogP contribution in [0.4, 0.5) is 0 Å². The van der Waals surface area contributed by atoms with Crippen LogP contribution in [-0.2, 0) is 10.3 Å². The fourth-order valence-electron chi connectivity index (χ4n) is 2.21. The molecule has 0 radical (unpaired) electrons. The summed E-state index contributed by atoms with van der Waals surface area (Å²) in [6, 6.07) is 15.9. The van der Waals surface area contributed by atoms with Crippen LogP contribution in [0.25, 0.3) is 11.1 Å². The Kier molecular flexibility index (Phi) is 5.37. The normalized spacial score (nSPS) is 11.2. The van der Waals surface area contributed by atoms with Crippen LogP contribution in [0.15, 0.2) is 48.5 Å². The third kappa shape index (κ3) is 3.89. The molecule has 0 heterocycles. The Balaban J connectivity index is 2.40. The second-order valence-corrected chi connectivity index (χ2v) is 6.35. The molecule has 0 aliphatic heterocycles. The Morgan fingerprint density at radius 3 is 2.22 bits per heavy atom. The summed E-state index contributed by atoms with van der Waals surface area (Å²) >= 11 is 0. The van der Waals surface area contributed by atoms with Gasteiger partial charge in [0.15, 0.2) is 5.75 Å². The lowest BCUT2D eigenvalue weighted by Crippen LogP contribution is -2.34. The second kappa shape index (κ2) is 7.27. The van der Waals surface area contributed by atoms with Crippen molar-refractivity contribution in [2.45, 2.75) is 13.8 Å². The van der Waals surface area contributed by atoms with Gasteiger partial charge in [0.25, 0.3) is 0 Å². The molecule has 2 aromatic rings. The Hall–Kier alpha value is -2.36. The summed E-state index contributed by atoms with van der Waals surface area (Å²) < 4.78 is 31.2. The van der Waals surface area contributed by atoms with Crippen LogP contribution >= 0.6 is 0 Å². The maximum Gasteiger partial charge on any atom is 0.385 e. The molecule has 0 saturated carbocycles. The fourth-order valence-corrected chi connectivity index (χ4v) is 3.32. The molecule has 0 fully saturated rings. The minimum absolute atomic E-state index is 0.268. The van der Waals surface area contributed by atoms with Gasteiger partial charge in [-0.05, 0) is 23.8 Å². The summed E-state index contributed by atoms with van der Waals surface area (Å²) in [5.41, 5.74) is 1.99. The van der Waals surface area contributed by atoms with E-state index in [1.54, 1.807) is 56.3 Å². The number of rotatable bonds is 6. The van der Waals surface area contributed by atoms with Gasteiger partial charge in [0.05, 0.1) is 11.6 Å². The third-order valence-corrected chi connectivity index (χ3v) is 4.97. The minimum Gasteiger partial charge on any atom is -0.370 e. The highest BCUT2D eigenvalue weighted by atomic mass is 32.2. The Labute approximate surface area is 137 Å². The number of hydrogen-bond acceptors (Lipinski definition) is 4. The lowest BCUT2D eigenvalue weighted by atomic mass is 10.0. The summed E-state index contributed by atoms with van der Waals surface area (Å²) in [6.07, 6.45) is 0. The topological polar surface area (TPSA) is 70.4 Å². The average Bonchev–Trinajstić information content (AvgIpc) is 2.56. The number of benzene rings is 2. The second-order valence-electron chi connectivity index (χ2n) is 4.81. The monoisotopic (exact) mass is 330 g/mol. The highest BCUT2D eigenvalue weighted by Crippen LogP contribution is 2.31. The molecular weight excluding hydrogens is 312 g/mol. The first-order valence-corrected chi connectivity index (χ1v) is 8.67. The van der Waals surface area contributed by atoms with E-state index in [-0.39, 0.29) is 5.75 Å². The maximum atomic E-state index is 12.3. The molecule has 0 aliphatic rings. The number of nitrogens with zero attached hydrogens (tertiary/aromatic N) is 2. The summed E-state index contributed by atoms with van der Waals surface area (Å²) in [4.78, 5) is 0. The van der Waals surface area contributed by atoms with Gasteiger partial charge in [0.2, 0.25) is 0 Å². The zero-order valence-corrected chi connectivity index (χ0v) is 13.9. The van der Waals surface area contributed by atoms with Gasteiger partial charge in [-0.25, -0.2) is 0 Å². The Bertz CT molecular complexity index is 804. The predicted octanol–water partition coefficient (Wildman–Crippen LogP) is 3.19. The first-order chi connectivity index (χ1) is 11.0. The van der Waals surface area contributed by atoms with E-state index in [1.807, 2.05) is 6.07 Å². The highest BCUT2D eigenvalue weighted by molar-refractivity contribution is 7.84. The van der Waals surface area contributed by atoms with Crippen molar-refractivity contribution in [3.8, 4) is 22.9 Å². The number of para-hydroxylation sites is 1. The maximum absolute atomic E-state index is 12.3. The summed E-state index contributed by atoms with van der Waals surface area (Å²) in [5, 5.41) is 8.86. The molecule has 0 aromatic heterocycles. The van der Waals surface area contributed by atoms with Gasteiger partial charge >= 0.3 is 10.3 Å². The van der Waals surface area contributed by atoms with E-state index >= 15 is 0 Å². The van der Waals surface area contributed by atoms with Crippen molar-refractivity contribution in [2.75, 3.05) is 13.1 Å². The van der Waals surface area contributed by atoms with E-state index in [0.717, 1.165) is 5.56 Å². The molecule has 0 atom stereocenters. The molecule has 0 bridgehead atoms. The SMILES string of the molecule is CCN(CC)S(=O)(=O)Oc1ccccc1-c1ccc(C#N)cc1. The molecule has 23 heavy (non-hydrogen) atoms. The zero-order valence-electron chi connectivity index (χ0n) is 13.1. The van der Waals surface area contributed by atoms with Crippen molar-refractivity contribution in [3.05, 3.63) is 54.1 Å². The van der Waals surface area contributed by atoms with Crippen molar-refractivity contribution in [1.82, 2.24) is 4.31 Å². The lowest BCUT2D eigenvalue weighted by molar-refractivity contribution is 0.376. The average molecular weight is 330 g/mol. The molecule has 0 N–H and O–H groups in total. The van der Waals surface area contributed by atoms with Gasteiger partial charge in [0, 0.05) is 18.7 Å². The van der Waals surface area contributed by atoms with Gasteiger partial charge in [0.1, 0.15) is 0 Å². The van der Waals surface area contributed by atoms with E-state index in [4.69, 9.17) is 9.44 Å². The molecule has 2 rings (SSSR count). The molecule has 0 unspecified atom stereocenters. The highest BCUT2D eigenvalue weighted by Gasteiger charge is 2.22. The zero-order chi connectivity index (χ0) is 16.9. The van der Waals surface area contributed by atoms with E-state index in [2.05, 4.69) is 6.07 Å².